The summed E-state index contributed by atoms with van der Waals surface area (Å²) in [5.41, 5.74) is 1.43. The highest BCUT2D eigenvalue weighted by Crippen LogP contribution is 2.04. The first kappa shape index (κ1) is 9.53. The van der Waals surface area contributed by atoms with E-state index in [2.05, 4.69) is 52.3 Å². The predicted molar refractivity (Wildman–Crippen MR) is 57.4 cm³/mol. The molecule has 0 bridgehead atoms. The maximum atomic E-state index is 3.26. The molecule has 0 unspecified atom stereocenters. The van der Waals surface area contributed by atoms with Gasteiger partial charge in [0.05, 0.1) is 0 Å². The van der Waals surface area contributed by atoms with Crippen LogP contribution in [0.3, 0.4) is 0 Å². The zero-order chi connectivity index (χ0) is 8.65. The van der Waals surface area contributed by atoms with Crippen LogP contribution >= 0.6 is 15.9 Å². The van der Waals surface area contributed by atoms with E-state index in [4.69, 9.17) is 0 Å². The lowest BCUT2D eigenvalue weighted by molar-refractivity contribution is 0.844. The molecule has 0 saturated carbocycles. The Morgan fingerprint density at radius 3 is 2.58 bits per heavy atom. The van der Waals surface area contributed by atoms with Crippen LogP contribution < -0.4 is 0 Å². The van der Waals surface area contributed by atoms with Gasteiger partial charge in [0.1, 0.15) is 0 Å². The number of halogens is 1. The molecule has 0 aliphatic rings. The van der Waals surface area contributed by atoms with Gasteiger partial charge in [-0.25, -0.2) is 0 Å². The summed E-state index contributed by atoms with van der Waals surface area (Å²) in [6.45, 7) is 0. The lowest BCUT2D eigenvalue weighted by Crippen LogP contribution is -1.82. The van der Waals surface area contributed by atoms with Crippen LogP contribution in [0.15, 0.2) is 41.4 Å². The fourth-order valence-electron chi connectivity index (χ4n) is 1.13. The van der Waals surface area contributed by atoms with E-state index in [0.717, 1.165) is 6.42 Å². The van der Waals surface area contributed by atoms with Gasteiger partial charge in [0.2, 0.25) is 0 Å². The van der Waals surface area contributed by atoms with Gasteiger partial charge in [0, 0.05) is 0 Å². The van der Waals surface area contributed by atoms with Crippen molar-refractivity contribution in [1.29, 1.82) is 0 Å². The van der Waals surface area contributed by atoms with Crippen molar-refractivity contribution in [1.82, 2.24) is 0 Å². The summed E-state index contributed by atoms with van der Waals surface area (Å²) in [5.74, 6) is 0. The van der Waals surface area contributed by atoms with E-state index in [-0.39, 0.29) is 0 Å². The third-order valence-corrected chi connectivity index (χ3v) is 2.14. The molecule has 0 aliphatic heterocycles. The third-order valence-electron chi connectivity index (χ3n) is 1.77. The molecule has 0 atom stereocenters. The minimum Gasteiger partial charge on any atom is -0.0776 e. The zero-order valence-corrected chi connectivity index (χ0v) is 8.63. The molecular weight excluding hydrogens is 212 g/mol. The van der Waals surface area contributed by atoms with E-state index in [9.17, 15) is 0 Å². The maximum absolute atomic E-state index is 3.26. The van der Waals surface area contributed by atoms with Crippen molar-refractivity contribution in [2.24, 2.45) is 0 Å². The Morgan fingerprint density at radius 2 is 1.92 bits per heavy atom. The third kappa shape index (κ3) is 3.72. The molecule has 0 N–H and O–H groups in total. The molecule has 0 heterocycles. The van der Waals surface area contributed by atoms with Gasteiger partial charge in [-0.1, -0.05) is 52.3 Å². The second-order valence-corrected chi connectivity index (χ2v) is 3.27. The Hall–Kier alpha value is -0.560. The number of hydrogen-bond acceptors (Lipinski definition) is 0. The molecule has 0 saturated heterocycles. The molecule has 1 aromatic carbocycles. The van der Waals surface area contributed by atoms with E-state index in [0.29, 0.717) is 0 Å². The highest BCUT2D eigenvalue weighted by Gasteiger charge is 1.88. The number of rotatable bonds is 4. The summed E-state index contributed by atoms with van der Waals surface area (Å²) in [7, 11) is 0. The second kappa shape index (κ2) is 6.01. The predicted octanol–water partition coefficient (Wildman–Crippen LogP) is 3.92. The summed E-state index contributed by atoms with van der Waals surface area (Å²) in [6, 6.07) is 10.6. The fourth-order valence-corrected chi connectivity index (χ4v) is 1.40. The van der Waals surface area contributed by atoms with Gasteiger partial charge >= 0.3 is 0 Å². The molecule has 0 nitrogen and oxygen atoms in total. The Kier molecular flexibility index (Phi) is 4.77. The minimum absolute atomic E-state index is 1.15. The van der Waals surface area contributed by atoms with Gasteiger partial charge in [-0.2, -0.15) is 0 Å². The first-order valence-corrected chi connectivity index (χ1v) is 5.14. The number of unbranched alkanes of at least 4 members (excludes halogenated alkanes) is 1. The second-order valence-electron chi connectivity index (χ2n) is 2.74. The number of aryl methyl sites for hydroxylation is 1. The molecule has 0 aromatic heterocycles. The van der Waals surface area contributed by atoms with Gasteiger partial charge in [0.15, 0.2) is 0 Å². The van der Waals surface area contributed by atoms with Gasteiger partial charge in [-0.05, 0) is 29.8 Å². The molecule has 0 fully saturated rings. The Labute approximate surface area is 82.4 Å². The van der Waals surface area contributed by atoms with Gasteiger partial charge in [-0.3, -0.25) is 0 Å². The molecule has 1 heteroatoms. The Balaban J connectivity index is 2.24. The standard InChI is InChI=1S/C11H13Br/c12-10-6-2-5-9-11-7-3-1-4-8-11/h1,3-4,6-8,10H,2,5,9H2/b10-6+. The summed E-state index contributed by atoms with van der Waals surface area (Å²) >= 11 is 3.26. The topological polar surface area (TPSA) is 0 Å². The van der Waals surface area contributed by atoms with Crippen LogP contribution in [-0.2, 0) is 6.42 Å². The normalized spacial score (nSPS) is 10.8. The number of benzene rings is 1. The monoisotopic (exact) mass is 224 g/mol. The summed E-state index contributed by atoms with van der Waals surface area (Å²) in [5, 5.41) is 0. The average molecular weight is 225 g/mol. The molecular formula is C11H13Br. The number of allylic oxidation sites excluding steroid dienone is 1. The van der Waals surface area contributed by atoms with Crippen molar-refractivity contribution in [2.45, 2.75) is 19.3 Å². The first-order chi connectivity index (χ1) is 5.93. The molecule has 1 aromatic rings. The van der Waals surface area contributed by atoms with Crippen LogP contribution in [-0.4, -0.2) is 0 Å². The van der Waals surface area contributed by atoms with E-state index >= 15 is 0 Å². The van der Waals surface area contributed by atoms with E-state index < -0.39 is 0 Å². The Bertz CT molecular complexity index is 226. The van der Waals surface area contributed by atoms with Crippen molar-refractivity contribution in [2.75, 3.05) is 0 Å². The Morgan fingerprint density at radius 1 is 1.17 bits per heavy atom. The number of hydrogen-bond donors (Lipinski definition) is 0. The van der Waals surface area contributed by atoms with Crippen LogP contribution in [0.1, 0.15) is 18.4 Å². The van der Waals surface area contributed by atoms with Gasteiger partial charge < -0.3 is 0 Å². The fraction of sp³-hybridized carbons (Fsp3) is 0.273. The minimum atomic E-state index is 1.15. The van der Waals surface area contributed by atoms with Crippen LogP contribution in [0.25, 0.3) is 0 Å². The largest absolute Gasteiger partial charge is 0.0776 e. The van der Waals surface area contributed by atoms with E-state index in [1.807, 2.05) is 4.99 Å². The SMILES string of the molecule is Br/C=C/CCCc1ccccc1. The van der Waals surface area contributed by atoms with Gasteiger partial charge in [-0.15, -0.1) is 0 Å². The van der Waals surface area contributed by atoms with E-state index in [1.54, 1.807) is 0 Å². The summed E-state index contributed by atoms with van der Waals surface area (Å²) in [4.78, 5) is 1.93. The molecule has 12 heavy (non-hydrogen) atoms. The highest BCUT2D eigenvalue weighted by molar-refractivity contribution is 9.11. The average Bonchev–Trinajstić information content (AvgIpc) is 2.14. The molecule has 0 spiro atoms. The maximum Gasteiger partial charge on any atom is -0.0229 e. The summed E-state index contributed by atoms with van der Waals surface area (Å²) < 4.78 is 0. The highest BCUT2D eigenvalue weighted by atomic mass is 79.9. The van der Waals surface area contributed by atoms with Crippen LogP contribution in [0.2, 0.25) is 0 Å². The first-order valence-electron chi connectivity index (χ1n) is 4.22. The van der Waals surface area contributed by atoms with Crippen LogP contribution in [0.5, 0.6) is 0 Å². The van der Waals surface area contributed by atoms with Crippen molar-refractivity contribution < 1.29 is 0 Å². The molecule has 0 aliphatic carbocycles. The van der Waals surface area contributed by atoms with Crippen LogP contribution in [0.4, 0.5) is 0 Å². The van der Waals surface area contributed by atoms with Crippen LogP contribution in [0, 0.1) is 0 Å². The zero-order valence-electron chi connectivity index (χ0n) is 7.04. The molecule has 0 radical (unpaired) electrons. The van der Waals surface area contributed by atoms with Crippen molar-refractivity contribution >= 4 is 15.9 Å². The molecule has 64 valence electrons. The lowest BCUT2D eigenvalue weighted by Gasteiger charge is -1.97. The molecule has 1 rings (SSSR count). The van der Waals surface area contributed by atoms with Crippen molar-refractivity contribution in [3.8, 4) is 0 Å². The quantitative estimate of drug-likeness (QED) is 0.681. The van der Waals surface area contributed by atoms with Gasteiger partial charge in [0.25, 0.3) is 0 Å². The molecule has 0 amide bonds. The lowest BCUT2D eigenvalue weighted by atomic mass is 10.1. The van der Waals surface area contributed by atoms with Crippen molar-refractivity contribution in [3.05, 3.63) is 47.0 Å². The summed E-state index contributed by atoms with van der Waals surface area (Å²) in [6.07, 6.45) is 5.70. The smallest absolute Gasteiger partial charge is 0.0229 e. The van der Waals surface area contributed by atoms with E-state index in [1.165, 1.54) is 18.4 Å². The van der Waals surface area contributed by atoms with Crippen molar-refractivity contribution in [3.63, 3.8) is 0 Å².